The van der Waals surface area contributed by atoms with Gasteiger partial charge in [-0.3, -0.25) is 14.4 Å². The molecule has 2 aromatic rings. The third-order valence-electron chi connectivity index (χ3n) is 5.26. The number of hydrogen-bond donors (Lipinski definition) is 1. The maximum Gasteiger partial charge on any atom is 0.374 e. The lowest BCUT2D eigenvalue weighted by Crippen LogP contribution is -2.43. The molecule has 8 heteroatoms. The fourth-order valence-electron chi connectivity index (χ4n) is 3.68. The van der Waals surface area contributed by atoms with Crippen LogP contribution in [0.3, 0.4) is 0 Å². The van der Waals surface area contributed by atoms with Crippen LogP contribution in [0, 0.1) is 0 Å². The minimum atomic E-state index is -1.54. The zero-order valence-corrected chi connectivity index (χ0v) is 17.6. The first-order chi connectivity index (χ1) is 14.9. The molecule has 1 saturated heterocycles. The predicted molar refractivity (Wildman–Crippen MR) is 116 cm³/mol. The molecule has 1 fully saturated rings. The molecule has 0 spiro atoms. The van der Waals surface area contributed by atoms with Crippen molar-refractivity contribution in [2.45, 2.75) is 38.3 Å². The summed E-state index contributed by atoms with van der Waals surface area (Å²) in [6.07, 6.45) is 0.756. The van der Waals surface area contributed by atoms with Crippen LogP contribution in [-0.2, 0) is 25.7 Å². The van der Waals surface area contributed by atoms with Gasteiger partial charge in [-0.25, -0.2) is 4.79 Å². The van der Waals surface area contributed by atoms with Crippen LogP contribution in [-0.4, -0.2) is 46.2 Å². The van der Waals surface area contributed by atoms with E-state index in [9.17, 15) is 19.2 Å². The number of rotatable bonds is 8. The van der Waals surface area contributed by atoms with Gasteiger partial charge in [0.15, 0.2) is 0 Å². The Morgan fingerprint density at radius 1 is 1.00 bits per heavy atom. The number of carboxylic acids is 1. The van der Waals surface area contributed by atoms with E-state index in [2.05, 4.69) is 0 Å². The zero-order chi connectivity index (χ0) is 22.4. The Bertz CT molecular complexity index is 962. The Labute approximate surface area is 185 Å². The highest BCUT2D eigenvalue weighted by Gasteiger charge is 2.37. The van der Waals surface area contributed by atoms with Crippen LogP contribution in [0.1, 0.15) is 31.2 Å². The summed E-state index contributed by atoms with van der Waals surface area (Å²) in [6, 6.07) is 15.4. The number of carbonyl (C=O) groups is 4. The number of aliphatic carboxylic acids is 1. The van der Waals surface area contributed by atoms with Gasteiger partial charge in [0.2, 0.25) is 11.8 Å². The normalized spacial score (nSPS) is 15.5. The van der Waals surface area contributed by atoms with Gasteiger partial charge in [-0.05, 0) is 42.7 Å². The predicted octanol–water partition coefficient (Wildman–Crippen LogP) is 3.30. The number of anilines is 1. The molecular formula is C23H23ClN2O5. The molecule has 3 rings (SSSR count). The summed E-state index contributed by atoms with van der Waals surface area (Å²) in [7, 11) is 0. The van der Waals surface area contributed by atoms with Gasteiger partial charge in [0.05, 0.1) is 6.54 Å². The van der Waals surface area contributed by atoms with Crippen molar-refractivity contribution in [2.75, 3.05) is 11.4 Å². The number of Topliss-reactive ketones (excluding diaryl/α,β-unsaturated/α-hetero) is 1. The Hall–Kier alpha value is -3.19. The molecule has 7 nitrogen and oxygen atoms in total. The third-order valence-corrected chi connectivity index (χ3v) is 5.51. The fraction of sp³-hybridized carbons (Fsp3) is 0.304. The average molecular weight is 443 g/mol. The number of para-hydroxylation sites is 1. The van der Waals surface area contributed by atoms with Gasteiger partial charge < -0.3 is 14.9 Å². The topological polar surface area (TPSA) is 95.0 Å². The van der Waals surface area contributed by atoms with Crippen molar-refractivity contribution in [1.29, 1.82) is 0 Å². The highest BCUT2D eigenvalue weighted by atomic mass is 35.5. The second-order valence-electron chi connectivity index (χ2n) is 7.36. The van der Waals surface area contributed by atoms with Gasteiger partial charge in [0.1, 0.15) is 6.04 Å². The number of likely N-dealkylation sites (tertiary alicyclic amines) is 1. The van der Waals surface area contributed by atoms with Crippen molar-refractivity contribution in [3.63, 3.8) is 0 Å². The van der Waals surface area contributed by atoms with Crippen LogP contribution in [0.2, 0.25) is 5.02 Å². The van der Waals surface area contributed by atoms with Crippen molar-refractivity contribution in [1.82, 2.24) is 4.90 Å². The Balaban J connectivity index is 1.68. The molecule has 1 heterocycles. The van der Waals surface area contributed by atoms with Gasteiger partial charge in [-0.1, -0.05) is 41.9 Å². The number of nitrogens with zero attached hydrogens (tertiary/aromatic N) is 2. The van der Waals surface area contributed by atoms with E-state index < -0.39 is 17.8 Å². The minimum Gasteiger partial charge on any atom is -0.475 e. The minimum absolute atomic E-state index is 0.0498. The third kappa shape index (κ3) is 5.70. The molecule has 1 N–H and O–H groups in total. The van der Waals surface area contributed by atoms with Crippen molar-refractivity contribution in [3.8, 4) is 0 Å². The molecule has 162 valence electrons. The first kappa shape index (κ1) is 22.5. The Morgan fingerprint density at radius 3 is 2.32 bits per heavy atom. The van der Waals surface area contributed by atoms with E-state index in [1.54, 1.807) is 17.0 Å². The molecule has 1 aliphatic heterocycles. The van der Waals surface area contributed by atoms with Crippen LogP contribution in [0.4, 0.5) is 5.69 Å². The second-order valence-corrected chi connectivity index (χ2v) is 7.79. The van der Waals surface area contributed by atoms with Gasteiger partial charge >= 0.3 is 5.97 Å². The smallest absolute Gasteiger partial charge is 0.374 e. The number of halogens is 1. The van der Waals surface area contributed by atoms with Crippen LogP contribution in [0.25, 0.3) is 0 Å². The monoisotopic (exact) mass is 442 g/mol. The Morgan fingerprint density at radius 2 is 1.68 bits per heavy atom. The molecular weight excluding hydrogens is 420 g/mol. The largest absolute Gasteiger partial charge is 0.475 e. The molecule has 0 aromatic heterocycles. The number of amides is 2. The van der Waals surface area contributed by atoms with Gasteiger partial charge in [-0.15, -0.1) is 0 Å². The van der Waals surface area contributed by atoms with Crippen LogP contribution < -0.4 is 4.90 Å². The van der Waals surface area contributed by atoms with E-state index in [1.165, 1.54) is 4.90 Å². The van der Waals surface area contributed by atoms with Gasteiger partial charge in [0, 0.05) is 30.1 Å². The highest BCUT2D eigenvalue weighted by molar-refractivity contribution is 6.35. The van der Waals surface area contributed by atoms with Crippen molar-refractivity contribution < 1.29 is 24.3 Å². The van der Waals surface area contributed by atoms with Gasteiger partial charge in [-0.2, -0.15) is 0 Å². The maximum absolute atomic E-state index is 13.0. The Kier molecular flexibility index (Phi) is 7.41. The summed E-state index contributed by atoms with van der Waals surface area (Å²) in [6.45, 7) is 0.641. The SMILES string of the molecule is O=C(O)C(=O)[C@@H]1CCCN1C(=O)CCC(=O)N(Cc1ccc(Cl)cc1)c1ccccc1. The summed E-state index contributed by atoms with van der Waals surface area (Å²) < 4.78 is 0. The van der Waals surface area contributed by atoms with Crippen molar-refractivity contribution >= 4 is 40.9 Å². The van der Waals surface area contributed by atoms with E-state index in [1.807, 2.05) is 42.5 Å². The van der Waals surface area contributed by atoms with E-state index in [0.717, 1.165) is 5.56 Å². The summed E-state index contributed by atoms with van der Waals surface area (Å²) in [5, 5.41) is 9.56. The molecule has 0 aliphatic carbocycles. The summed E-state index contributed by atoms with van der Waals surface area (Å²) >= 11 is 5.94. The van der Waals surface area contributed by atoms with Crippen LogP contribution >= 0.6 is 11.6 Å². The second kappa shape index (κ2) is 10.2. The lowest BCUT2D eigenvalue weighted by Gasteiger charge is -2.25. The van der Waals surface area contributed by atoms with Crippen LogP contribution in [0.15, 0.2) is 54.6 Å². The molecule has 2 aromatic carbocycles. The van der Waals surface area contributed by atoms with Crippen LogP contribution in [0.5, 0.6) is 0 Å². The lowest BCUT2D eigenvalue weighted by atomic mass is 10.1. The quantitative estimate of drug-likeness (QED) is 0.633. The number of ketones is 1. The molecule has 0 unspecified atom stereocenters. The summed E-state index contributed by atoms with van der Waals surface area (Å²) in [5.74, 6) is -3.15. The van der Waals surface area contributed by atoms with Gasteiger partial charge in [0.25, 0.3) is 5.78 Å². The number of carboxylic acid groups (broad SMARTS) is 1. The highest BCUT2D eigenvalue weighted by Crippen LogP contribution is 2.22. The zero-order valence-electron chi connectivity index (χ0n) is 16.9. The molecule has 31 heavy (non-hydrogen) atoms. The first-order valence-electron chi connectivity index (χ1n) is 10.0. The number of benzene rings is 2. The van der Waals surface area contributed by atoms with Crippen molar-refractivity contribution in [2.24, 2.45) is 0 Å². The van der Waals surface area contributed by atoms with Crippen molar-refractivity contribution in [3.05, 3.63) is 65.2 Å². The van der Waals surface area contributed by atoms with E-state index in [0.29, 0.717) is 36.6 Å². The summed E-state index contributed by atoms with van der Waals surface area (Å²) in [4.78, 5) is 51.4. The molecule has 2 amide bonds. The number of hydrogen-bond acceptors (Lipinski definition) is 4. The van der Waals surface area contributed by atoms with E-state index >= 15 is 0 Å². The number of carbonyl (C=O) groups excluding carboxylic acids is 3. The molecule has 0 saturated carbocycles. The standard InChI is InChI=1S/C23H23ClN2O5/c24-17-10-8-16(9-11-17)15-26(18-5-2-1-3-6-18)21(28)13-12-20(27)25-14-4-7-19(25)22(29)23(30)31/h1-3,5-6,8-11,19H,4,7,12-15H2,(H,30,31)/t19-/m0/s1. The molecule has 1 aliphatic rings. The van der Waals surface area contributed by atoms with E-state index in [4.69, 9.17) is 16.7 Å². The maximum atomic E-state index is 13.0. The average Bonchev–Trinajstić information content (AvgIpc) is 3.26. The fourth-order valence-corrected chi connectivity index (χ4v) is 3.80. The summed E-state index contributed by atoms with van der Waals surface area (Å²) in [5.41, 5.74) is 1.59. The first-order valence-corrected chi connectivity index (χ1v) is 10.4. The van der Waals surface area contributed by atoms with E-state index in [-0.39, 0.29) is 24.7 Å². The molecule has 0 radical (unpaired) electrons. The molecule has 1 atom stereocenters. The molecule has 0 bridgehead atoms. The lowest BCUT2D eigenvalue weighted by molar-refractivity contribution is -0.152.